The molecule has 0 unspecified atom stereocenters. The predicted molar refractivity (Wildman–Crippen MR) is 63.5 cm³/mol. The highest BCUT2D eigenvalue weighted by Crippen LogP contribution is 2.27. The van der Waals surface area contributed by atoms with Crippen LogP contribution in [0.3, 0.4) is 0 Å². The highest BCUT2D eigenvalue weighted by molar-refractivity contribution is 9.10. The summed E-state index contributed by atoms with van der Waals surface area (Å²) in [6.45, 7) is 1.95. The molecule has 0 radical (unpaired) electrons. The summed E-state index contributed by atoms with van der Waals surface area (Å²) in [6.07, 6.45) is 0. The monoisotopic (exact) mass is 280 g/mol. The number of benzene rings is 1. The van der Waals surface area contributed by atoms with Gasteiger partial charge < -0.3 is 9.52 Å². The van der Waals surface area contributed by atoms with E-state index in [-0.39, 0.29) is 5.76 Å². The third-order valence-electron chi connectivity index (χ3n) is 2.27. The highest BCUT2D eigenvalue weighted by Gasteiger charge is 2.11. The molecular weight excluding hydrogens is 272 g/mol. The molecule has 0 saturated heterocycles. The van der Waals surface area contributed by atoms with Crippen LogP contribution in [0, 0.1) is 6.92 Å². The summed E-state index contributed by atoms with van der Waals surface area (Å²) < 4.78 is 6.22. The summed E-state index contributed by atoms with van der Waals surface area (Å²) >= 11 is 3.37. The second kappa shape index (κ2) is 4.14. The van der Waals surface area contributed by atoms with Gasteiger partial charge in [0.1, 0.15) is 5.76 Å². The van der Waals surface area contributed by atoms with Crippen molar-refractivity contribution in [2.24, 2.45) is 0 Å². The van der Waals surface area contributed by atoms with E-state index in [1.165, 1.54) is 6.07 Å². The SMILES string of the molecule is Cc1cc(Br)ccc1-c1ccc(C(=O)O)o1. The molecule has 0 aliphatic carbocycles. The Hall–Kier alpha value is -1.55. The van der Waals surface area contributed by atoms with Crippen molar-refractivity contribution in [3.63, 3.8) is 0 Å². The zero-order valence-corrected chi connectivity index (χ0v) is 10.1. The van der Waals surface area contributed by atoms with Crippen LogP contribution in [0.5, 0.6) is 0 Å². The van der Waals surface area contributed by atoms with Gasteiger partial charge in [-0.3, -0.25) is 0 Å². The molecule has 0 bridgehead atoms. The average Bonchev–Trinajstić information content (AvgIpc) is 2.66. The minimum absolute atomic E-state index is 0.0441. The van der Waals surface area contributed by atoms with Gasteiger partial charge in [-0.2, -0.15) is 0 Å². The normalized spacial score (nSPS) is 10.4. The maximum absolute atomic E-state index is 10.7. The lowest BCUT2D eigenvalue weighted by Gasteiger charge is -2.02. The van der Waals surface area contributed by atoms with Gasteiger partial charge in [0.15, 0.2) is 0 Å². The topological polar surface area (TPSA) is 50.4 Å². The smallest absolute Gasteiger partial charge is 0.371 e. The third-order valence-corrected chi connectivity index (χ3v) is 2.76. The fourth-order valence-corrected chi connectivity index (χ4v) is 1.98. The zero-order chi connectivity index (χ0) is 11.7. The summed E-state index contributed by atoms with van der Waals surface area (Å²) in [5.41, 5.74) is 1.93. The van der Waals surface area contributed by atoms with Crippen molar-refractivity contribution in [1.82, 2.24) is 0 Å². The Morgan fingerprint density at radius 1 is 1.31 bits per heavy atom. The Balaban J connectivity index is 2.46. The van der Waals surface area contributed by atoms with Crippen molar-refractivity contribution in [2.45, 2.75) is 6.92 Å². The molecule has 0 aliphatic rings. The number of hydrogen-bond donors (Lipinski definition) is 1. The molecule has 1 N–H and O–H groups in total. The van der Waals surface area contributed by atoms with Crippen molar-refractivity contribution < 1.29 is 14.3 Å². The molecule has 0 saturated carbocycles. The standard InChI is InChI=1S/C12H9BrO3/c1-7-6-8(13)2-3-9(7)10-4-5-11(16-10)12(14)15/h2-6H,1H3,(H,14,15). The van der Waals surface area contributed by atoms with Gasteiger partial charge in [0.2, 0.25) is 5.76 Å². The summed E-state index contributed by atoms with van der Waals surface area (Å²) in [4.78, 5) is 10.7. The first kappa shape index (κ1) is 11.0. The van der Waals surface area contributed by atoms with Crippen LogP contribution in [0.1, 0.15) is 16.1 Å². The highest BCUT2D eigenvalue weighted by atomic mass is 79.9. The summed E-state index contributed by atoms with van der Waals surface area (Å²) in [6, 6.07) is 8.87. The number of hydrogen-bond acceptors (Lipinski definition) is 2. The van der Waals surface area contributed by atoms with E-state index in [2.05, 4.69) is 15.9 Å². The molecule has 16 heavy (non-hydrogen) atoms. The van der Waals surface area contributed by atoms with E-state index in [1.807, 2.05) is 25.1 Å². The maximum Gasteiger partial charge on any atom is 0.371 e. The fourth-order valence-electron chi connectivity index (χ4n) is 1.50. The number of aromatic carboxylic acids is 1. The van der Waals surface area contributed by atoms with Crippen LogP contribution in [-0.4, -0.2) is 11.1 Å². The second-order valence-corrected chi connectivity index (χ2v) is 4.34. The molecule has 0 spiro atoms. The van der Waals surface area contributed by atoms with E-state index in [9.17, 15) is 4.79 Å². The van der Waals surface area contributed by atoms with Crippen LogP contribution in [0.2, 0.25) is 0 Å². The summed E-state index contributed by atoms with van der Waals surface area (Å²) in [7, 11) is 0. The van der Waals surface area contributed by atoms with Crippen molar-refractivity contribution in [3.05, 3.63) is 46.1 Å². The molecular formula is C12H9BrO3. The van der Waals surface area contributed by atoms with Crippen molar-refractivity contribution in [1.29, 1.82) is 0 Å². The minimum atomic E-state index is -1.05. The number of furan rings is 1. The Morgan fingerprint density at radius 3 is 2.62 bits per heavy atom. The third kappa shape index (κ3) is 2.02. The first-order valence-electron chi connectivity index (χ1n) is 4.67. The Morgan fingerprint density at radius 2 is 2.06 bits per heavy atom. The molecule has 1 aromatic carbocycles. The van der Waals surface area contributed by atoms with Gasteiger partial charge in [0.05, 0.1) is 0 Å². The Kier molecular flexibility index (Phi) is 2.83. The number of carboxylic acids is 1. The largest absolute Gasteiger partial charge is 0.475 e. The summed E-state index contributed by atoms with van der Waals surface area (Å²) in [5, 5.41) is 8.76. The predicted octanol–water partition coefficient (Wildman–Crippen LogP) is 3.72. The lowest BCUT2D eigenvalue weighted by atomic mass is 10.1. The van der Waals surface area contributed by atoms with Crippen molar-refractivity contribution in [2.75, 3.05) is 0 Å². The minimum Gasteiger partial charge on any atom is -0.475 e. The second-order valence-electron chi connectivity index (χ2n) is 3.43. The molecule has 0 aliphatic heterocycles. The number of halogens is 1. The zero-order valence-electron chi connectivity index (χ0n) is 8.53. The van der Waals surface area contributed by atoms with Gasteiger partial charge in [-0.05, 0) is 42.8 Å². The van der Waals surface area contributed by atoms with Gasteiger partial charge in [0.25, 0.3) is 0 Å². The average molecular weight is 281 g/mol. The molecule has 0 amide bonds. The van der Waals surface area contributed by atoms with E-state index in [4.69, 9.17) is 9.52 Å². The van der Waals surface area contributed by atoms with Gasteiger partial charge in [-0.1, -0.05) is 15.9 Å². The van der Waals surface area contributed by atoms with Gasteiger partial charge in [-0.15, -0.1) is 0 Å². The van der Waals surface area contributed by atoms with E-state index >= 15 is 0 Å². The van der Waals surface area contributed by atoms with E-state index in [1.54, 1.807) is 6.07 Å². The molecule has 0 atom stereocenters. The van der Waals surface area contributed by atoms with Crippen LogP contribution in [0.4, 0.5) is 0 Å². The fraction of sp³-hybridized carbons (Fsp3) is 0.0833. The van der Waals surface area contributed by atoms with Gasteiger partial charge in [0, 0.05) is 10.0 Å². The quantitative estimate of drug-likeness (QED) is 0.912. The Bertz CT molecular complexity index is 543. The van der Waals surface area contributed by atoms with Gasteiger partial charge in [-0.25, -0.2) is 4.79 Å². The van der Waals surface area contributed by atoms with Crippen molar-refractivity contribution in [3.8, 4) is 11.3 Å². The van der Waals surface area contributed by atoms with Gasteiger partial charge >= 0.3 is 5.97 Å². The lowest BCUT2D eigenvalue weighted by molar-refractivity contribution is 0.0663. The molecule has 3 nitrogen and oxygen atoms in total. The first-order valence-corrected chi connectivity index (χ1v) is 5.47. The van der Waals surface area contributed by atoms with Crippen LogP contribution >= 0.6 is 15.9 Å². The molecule has 2 aromatic rings. The van der Waals surface area contributed by atoms with Crippen LogP contribution in [0.25, 0.3) is 11.3 Å². The molecule has 1 heterocycles. The van der Waals surface area contributed by atoms with Crippen LogP contribution < -0.4 is 0 Å². The molecule has 82 valence electrons. The van der Waals surface area contributed by atoms with E-state index < -0.39 is 5.97 Å². The number of aryl methyl sites for hydroxylation is 1. The lowest BCUT2D eigenvalue weighted by Crippen LogP contribution is -1.91. The molecule has 0 fully saturated rings. The molecule has 2 rings (SSSR count). The van der Waals surface area contributed by atoms with E-state index in [0.717, 1.165) is 15.6 Å². The number of carboxylic acid groups (broad SMARTS) is 1. The maximum atomic E-state index is 10.7. The number of carbonyl (C=O) groups is 1. The Labute approximate surface area is 101 Å². The molecule has 4 heteroatoms. The first-order chi connectivity index (χ1) is 7.58. The number of rotatable bonds is 2. The van der Waals surface area contributed by atoms with E-state index in [0.29, 0.717) is 5.76 Å². The van der Waals surface area contributed by atoms with Crippen LogP contribution in [-0.2, 0) is 0 Å². The molecule has 1 aromatic heterocycles. The van der Waals surface area contributed by atoms with Crippen molar-refractivity contribution >= 4 is 21.9 Å². The van der Waals surface area contributed by atoms with Crippen LogP contribution in [0.15, 0.2) is 39.2 Å². The summed E-state index contributed by atoms with van der Waals surface area (Å²) in [5.74, 6) is -0.527.